The van der Waals surface area contributed by atoms with Crippen molar-refractivity contribution < 1.29 is 14.3 Å². The van der Waals surface area contributed by atoms with Gasteiger partial charge in [-0.25, -0.2) is 0 Å². The van der Waals surface area contributed by atoms with E-state index in [1.54, 1.807) is 6.92 Å². The second-order valence-corrected chi connectivity index (χ2v) is 8.11. The first-order valence-corrected chi connectivity index (χ1v) is 10.8. The van der Waals surface area contributed by atoms with Gasteiger partial charge in [0.2, 0.25) is 0 Å². The molecule has 1 unspecified atom stereocenters. The van der Waals surface area contributed by atoms with E-state index in [1.165, 1.54) is 16.8 Å². The Morgan fingerprint density at radius 2 is 1.83 bits per heavy atom. The van der Waals surface area contributed by atoms with Gasteiger partial charge in [-0.15, -0.1) is 0 Å². The van der Waals surface area contributed by atoms with Crippen molar-refractivity contribution in [2.45, 2.75) is 40.0 Å². The molecule has 0 spiro atoms. The van der Waals surface area contributed by atoms with Crippen LogP contribution in [0.1, 0.15) is 30.5 Å². The third-order valence-electron chi connectivity index (χ3n) is 5.81. The van der Waals surface area contributed by atoms with E-state index in [4.69, 9.17) is 9.47 Å². The standard InChI is InChI=1S/C24H31N3O3/c1-4-29-16-19-5-7-21(8-6-19)27-11-9-26(10-12-27)15-20-13-17(2)23-22(14-20)25-24(28)18(3)30-23/h5-8,13-14,18H,4,9-12,15-16H2,1-3H3,(H,25,28). The maximum atomic E-state index is 12.0. The van der Waals surface area contributed by atoms with Crippen LogP contribution in [0, 0.1) is 6.92 Å². The monoisotopic (exact) mass is 409 g/mol. The van der Waals surface area contributed by atoms with Crippen molar-refractivity contribution in [3.8, 4) is 5.75 Å². The van der Waals surface area contributed by atoms with Gasteiger partial charge < -0.3 is 19.7 Å². The van der Waals surface area contributed by atoms with E-state index in [0.29, 0.717) is 6.61 Å². The molecule has 0 bridgehead atoms. The lowest BCUT2D eigenvalue weighted by atomic mass is 10.1. The molecule has 1 N–H and O–H groups in total. The Morgan fingerprint density at radius 3 is 2.53 bits per heavy atom. The van der Waals surface area contributed by atoms with Gasteiger partial charge in [0.25, 0.3) is 5.91 Å². The van der Waals surface area contributed by atoms with Gasteiger partial charge in [-0.3, -0.25) is 9.69 Å². The van der Waals surface area contributed by atoms with Crippen molar-refractivity contribution in [3.05, 3.63) is 53.1 Å². The lowest BCUT2D eigenvalue weighted by Crippen LogP contribution is -2.46. The summed E-state index contributed by atoms with van der Waals surface area (Å²) in [6.07, 6.45) is -0.441. The number of anilines is 2. The van der Waals surface area contributed by atoms with Crippen molar-refractivity contribution >= 4 is 17.3 Å². The molecular formula is C24H31N3O3. The van der Waals surface area contributed by atoms with E-state index in [-0.39, 0.29) is 5.91 Å². The minimum Gasteiger partial charge on any atom is -0.478 e. The van der Waals surface area contributed by atoms with Gasteiger partial charge in [0.15, 0.2) is 6.10 Å². The Bertz CT molecular complexity index is 889. The third-order valence-corrected chi connectivity index (χ3v) is 5.81. The highest BCUT2D eigenvalue weighted by atomic mass is 16.5. The summed E-state index contributed by atoms with van der Waals surface area (Å²) in [4.78, 5) is 16.9. The number of carbonyl (C=O) groups is 1. The number of amides is 1. The number of fused-ring (bicyclic) bond motifs is 1. The molecule has 2 aliphatic heterocycles. The van der Waals surface area contributed by atoms with Crippen LogP contribution >= 0.6 is 0 Å². The van der Waals surface area contributed by atoms with Crippen LogP contribution < -0.4 is 15.0 Å². The molecule has 1 amide bonds. The van der Waals surface area contributed by atoms with Crippen molar-refractivity contribution in [1.82, 2.24) is 4.90 Å². The van der Waals surface area contributed by atoms with Gasteiger partial charge in [0, 0.05) is 45.0 Å². The normalized spacial score (nSPS) is 19.2. The smallest absolute Gasteiger partial charge is 0.265 e. The first-order chi connectivity index (χ1) is 14.5. The maximum absolute atomic E-state index is 12.0. The van der Waals surface area contributed by atoms with Gasteiger partial charge in [0.1, 0.15) is 5.75 Å². The number of ether oxygens (including phenoxy) is 2. The third kappa shape index (κ3) is 4.60. The van der Waals surface area contributed by atoms with Gasteiger partial charge in [-0.2, -0.15) is 0 Å². The molecule has 0 radical (unpaired) electrons. The zero-order chi connectivity index (χ0) is 21.1. The van der Waals surface area contributed by atoms with Gasteiger partial charge in [-0.1, -0.05) is 18.2 Å². The fourth-order valence-electron chi connectivity index (χ4n) is 4.10. The number of piperazine rings is 1. The summed E-state index contributed by atoms with van der Waals surface area (Å²) >= 11 is 0. The Kier molecular flexibility index (Phi) is 6.25. The summed E-state index contributed by atoms with van der Waals surface area (Å²) in [5, 5.41) is 2.97. The first-order valence-electron chi connectivity index (χ1n) is 10.8. The van der Waals surface area contributed by atoms with Crippen LogP contribution in [-0.2, 0) is 22.7 Å². The van der Waals surface area contributed by atoms with Crippen LogP contribution in [-0.4, -0.2) is 49.7 Å². The SMILES string of the molecule is CCOCc1ccc(N2CCN(Cc3cc(C)c4c(c3)NC(=O)C(C)O4)CC2)cc1. The highest BCUT2D eigenvalue weighted by molar-refractivity contribution is 5.97. The van der Waals surface area contributed by atoms with Crippen molar-refractivity contribution in [2.75, 3.05) is 43.0 Å². The summed E-state index contributed by atoms with van der Waals surface area (Å²) in [5.41, 5.74) is 5.55. The second kappa shape index (κ2) is 9.06. The molecule has 1 atom stereocenters. The van der Waals surface area contributed by atoms with Gasteiger partial charge in [-0.05, 0) is 55.7 Å². The summed E-state index contributed by atoms with van der Waals surface area (Å²) in [5.74, 6) is 0.711. The van der Waals surface area contributed by atoms with E-state index < -0.39 is 6.10 Å². The molecule has 6 heteroatoms. The molecule has 30 heavy (non-hydrogen) atoms. The molecule has 6 nitrogen and oxygen atoms in total. The summed E-state index contributed by atoms with van der Waals surface area (Å²) in [6.45, 7) is 12.2. The fraction of sp³-hybridized carbons (Fsp3) is 0.458. The highest BCUT2D eigenvalue weighted by Gasteiger charge is 2.26. The highest BCUT2D eigenvalue weighted by Crippen LogP contribution is 2.34. The molecule has 2 aliphatic rings. The molecule has 0 saturated carbocycles. The van der Waals surface area contributed by atoms with Crippen LogP contribution in [0.3, 0.4) is 0 Å². The minimum atomic E-state index is -0.441. The zero-order valence-corrected chi connectivity index (χ0v) is 18.1. The van der Waals surface area contributed by atoms with Gasteiger partial charge in [0.05, 0.1) is 12.3 Å². The Labute approximate surface area is 178 Å². The van der Waals surface area contributed by atoms with Crippen molar-refractivity contribution in [2.24, 2.45) is 0 Å². The number of nitrogens with one attached hydrogen (secondary N) is 1. The van der Waals surface area contributed by atoms with E-state index in [9.17, 15) is 4.79 Å². The number of hydrogen-bond donors (Lipinski definition) is 1. The molecule has 2 aromatic rings. The number of rotatable bonds is 6. The lowest BCUT2D eigenvalue weighted by Gasteiger charge is -2.36. The fourth-order valence-corrected chi connectivity index (χ4v) is 4.10. The summed E-state index contributed by atoms with van der Waals surface area (Å²) in [7, 11) is 0. The predicted molar refractivity (Wildman–Crippen MR) is 119 cm³/mol. The molecule has 0 aromatic heterocycles. The van der Waals surface area contributed by atoms with E-state index in [1.807, 2.05) is 13.8 Å². The van der Waals surface area contributed by atoms with Gasteiger partial charge >= 0.3 is 0 Å². The number of aryl methyl sites for hydroxylation is 1. The minimum absolute atomic E-state index is 0.0834. The van der Waals surface area contributed by atoms with Crippen molar-refractivity contribution in [3.63, 3.8) is 0 Å². The Balaban J connectivity index is 1.34. The van der Waals surface area contributed by atoms with Crippen molar-refractivity contribution in [1.29, 1.82) is 0 Å². The van der Waals surface area contributed by atoms with E-state index >= 15 is 0 Å². The molecule has 1 fully saturated rings. The van der Waals surface area contributed by atoms with Crippen LogP contribution in [0.4, 0.5) is 11.4 Å². The quantitative estimate of drug-likeness (QED) is 0.791. The van der Waals surface area contributed by atoms with E-state index in [2.05, 4.69) is 51.5 Å². The average Bonchev–Trinajstić information content (AvgIpc) is 2.75. The number of hydrogen-bond acceptors (Lipinski definition) is 5. The predicted octanol–water partition coefficient (Wildman–Crippen LogP) is 3.57. The summed E-state index contributed by atoms with van der Waals surface area (Å²) in [6, 6.07) is 12.9. The van der Waals surface area contributed by atoms with E-state index in [0.717, 1.165) is 56.3 Å². The number of nitrogens with zero attached hydrogens (tertiary/aromatic N) is 2. The number of benzene rings is 2. The molecule has 1 saturated heterocycles. The topological polar surface area (TPSA) is 54.0 Å². The second-order valence-electron chi connectivity index (χ2n) is 8.11. The van der Waals surface area contributed by atoms with Crippen LogP contribution in [0.15, 0.2) is 36.4 Å². The Hall–Kier alpha value is -2.57. The molecule has 2 aromatic carbocycles. The maximum Gasteiger partial charge on any atom is 0.265 e. The lowest BCUT2D eigenvalue weighted by molar-refractivity contribution is -0.122. The largest absolute Gasteiger partial charge is 0.478 e. The molecular weight excluding hydrogens is 378 g/mol. The van der Waals surface area contributed by atoms with Crippen LogP contribution in [0.2, 0.25) is 0 Å². The molecule has 2 heterocycles. The molecule has 0 aliphatic carbocycles. The average molecular weight is 410 g/mol. The Morgan fingerprint density at radius 1 is 1.10 bits per heavy atom. The number of carbonyl (C=O) groups excluding carboxylic acids is 1. The van der Waals surface area contributed by atoms with Crippen LogP contribution in [0.5, 0.6) is 5.75 Å². The zero-order valence-electron chi connectivity index (χ0n) is 18.1. The molecule has 160 valence electrons. The first kappa shape index (κ1) is 20.7. The summed E-state index contributed by atoms with van der Waals surface area (Å²) < 4.78 is 11.3. The van der Waals surface area contributed by atoms with Crippen LogP contribution in [0.25, 0.3) is 0 Å². The molecule has 4 rings (SSSR count).